The molecule has 1 heterocycles. The van der Waals surface area contributed by atoms with Gasteiger partial charge in [-0.25, -0.2) is 0 Å². The van der Waals surface area contributed by atoms with Crippen LogP contribution in [-0.2, 0) is 9.59 Å². The van der Waals surface area contributed by atoms with Crippen molar-refractivity contribution in [1.82, 2.24) is 0 Å². The fourth-order valence-corrected chi connectivity index (χ4v) is 3.27. The highest BCUT2D eigenvalue weighted by molar-refractivity contribution is 6.04. The second-order valence-corrected chi connectivity index (χ2v) is 6.86. The minimum atomic E-state index is -0.327. The van der Waals surface area contributed by atoms with E-state index in [1.54, 1.807) is 4.90 Å². The van der Waals surface area contributed by atoms with Crippen LogP contribution in [0.5, 0.6) is 0 Å². The van der Waals surface area contributed by atoms with Crippen molar-refractivity contribution in [2.75, 3.05) is 16.8 Å². The Bertz CT molecular complexity index is 842. The molecule has 0 radical (unpaired) electrons. The van der Waals surface area contributed by atoms with Gasteiger partial charge in [0.2, 0.25) is 11.8 Å². The topological polar surface area (TPSA) is 49.4 Å². The predicted octanol–water partition coefficient (Wildman–Crippen LogP) is 3.91. The normalized spacial score (nSPS) is 17.0. The Labute approximate surface area is 148 Å². The molecular weight excluding hydrogens is 312 g/mol. The fourth-order valence-electron chi connectivity index (χ4n) is 3.27. The summed E-state index contributed by atoms with van der Waals surface area (Å²) < 4.78 is 0. The van der Waals surface area contributed by atoms with Gasteiger partial charge in [-0.3, -0.25) is 9.59 Å². The van der Waals surface area contributed by atoms with Gasteiger partial charge in [0.1, 0.15) is 0 Å². The van der Waals surface area contributed by atoms with E-state index in [0.717, 1.165) is 33.6 Å². The van der Waals surface area contributed by atoms with Gasteiger partial charge >= 0.3 is 0 Å². The zero-order valence-electron chi connectivity index (χ0n) is 15.2. The number of benzene rings is 2. The second kappa shape index (κ2) is 6.71. The molecule has 0 unspecified atom stereocenters. The number of anilines is 2. The monoisotopic (exact) mass is 336 g/mol. The maximum atomic E-state index is 12.7. The van der Waals surface area contributed by atoms with Crippen LogP contribution < -0.4 is 10.2 Å². The molecule has 1 aliphatic rings. The van der Waals surface area contributed by atoms with Gasteiger partial charge in [-0.1, -0.05) is 24.3 Å². The minimum Gasteiger partial charge on any atom is -0.326 e. The third kappa shape index (κ3) is 3.29. The van der Waals surface area contributed by atoms with E-state index in [1.807, 2.05) is 64.1 Å². The van der Waals surface area contributed by atoms with Gasteiger partial charge in [-0.15, -0.1) is 0 Å². The zero-order chi connectivity index (χ0) is 18.1. The largest absolute Gasteiger partial charge is 0.326 e. The summed E-state index contributed by atoms with van der Waals surface area (Å²) in [4.78, 5) is 26.9. The molecule has 0 saturated carbocycles. The number of nitrogens with zero attached hydrogens (tertiary/aromatic N) is 1. The summed E-state index contributed by atoms with van der Waals surface area (Å²) in [5.74, 6) is -0.406. The van der Waals surface area contributed by atoms with Crippen molar-refractivity contribution in [3.05, 3.63) is 58.7 Å². The first-order valence-electron chi connectivity index (χ1n) is 8.62. The Balaban J connectivity index is 1.77. The number of amides is 2. The Kier molecular flexibility index (Phi) is 4.62. The maximum Gasteiger partial charge on any atom is 0.229 e. The number of nitrogens with one attached hydrogen (secondary N) is 1. The van der Waals surface area contributed by atoms with Crippen molar-refractivity contribution in [3.63, 3.8) is 0 Å². The number of rotatable bonds is 3. The van der Waals surface area contributed by atoms with E-state index in [4.69, 9.17) is 0 Å². The molecule has 1 N–H and O–H groups in total. The van der Waals surface area contributed by atoms with Crippen LogP contribution in [0.15, 0.2) is 36.4 Å². The van der Waals surface area contributed by atoms with Crippen molar-refractivity contribution >= 4 is 23.2 Å². The van der Waals surface area contributed by atoms with Crippen LogP contribution in [0.1, 0.15) is 28.7 Å². The number of aryl methyl sites for hydroxylation is 2. The summed E-state index contributed by atoms with van der Waals surface area (Å²) in [5.41, 5.74) is 6.17. The van der Waals surface area contributed by atoms with Crippen LogP contribution in [0.4, 0.5) is 11.4 Å². The van der Waals surface area contributed by atoms with Crippen LogP contribution in [0.2, 0.25) is 0 Å². The maximum absolute atomic E-state index is 12.7. The first-order valence-corrected chi connectivity index (χ1v) is 8.62. The lowest BCUT2D eigenvalue weighted by Gasteiger charge is -2.20. The average molecular weight is 336 g/mol. The lowest BCUT2D eigenvalue weighted by Crippen LogP contribution is -2.28. The van der Waals surface area contributed by atoms with Gasteiger partial charge in [0.25, 0.3) is 0 Å². The lowest BCUT2D eigenvalue weighted by atomic mass is 10.1. The molecule has 3 rings (SSSR count). The molecule has 4 heteroatoms. The molecule has 2 amide bonds. The van der Waals surface area contributed by atoms with Gasteiger partial charge in [0.05, 0.1) is 5.92 Å². The zero-order valence-corrected chi connectivity index (χ0v) is 15.2. The second-order valence-electron chi connectivity index (χ2n) is 6.86. The van der Waals surface area contributed by atoms with Gasteiger partial charge in [-0.2, -0.15) is 0 Å². The van der Waals surface area contributed by atoms with Gasteiger partial charge < -0.3 is 10.2 Å². The minimum absolute atomic E-state index is 0.00909. The number of hydrogen-bond donors (Lipinski definition) is 1. The van der Waals surface area contributed by atoms with Crippen LogP contribution in [0.3, 0.4) is 0 Å². The Morgan fingerprint density at radius 3 is 2.36 bits per heavy atom. The third-order valence-corrected chi connectivity index (χ3v) is 5.23. The molecule has 25 heavy (non-hydrogen) atoms. The Morgan fingerprint density at radius 1 is 1.00 bits per heavy atom. The van der Waals surface area contributed by atoms with E-state index >= 15 is 0 Å². The fraction of sp³-hybridized carbons (Fsp3) is 0.333. The van der Waals surface area contributed by atoms with Crippen LogP contribution in [-0.4, -0.2) is 18.4 Å². The molecule has 0 bridgehead atoms. The Hall–Kier alpha value is -2.62. The van der Waals surface area contributed by atoms with Crippen LogP contribution >= 0.6 is 0 Å². The molecule has 1 fully saturated rings. The van der Waals surface area contributed by atoms with Gasteiger partial charge in [-0.05, 0) is 62.1 Å². The van der Waals surface area contributed by atoms with Crippen molar-refractivity contribution in [2.45, 2.75) is 34.1 Å². The number of carbonyl (C=O) groups is 2. The van der Waals surface area contributed by atoms with Crippen molar-refractivity contribution in [1.29, 1.82) is 0 Å². The lowest BCUT2D eigenvalue weighted by molar-refractivity contribution is -0.122. The molecule has 1 saturated heterocycles. The summed E-state index contributed by atoms with van der Waals surface area (Å²) in [6.45, 7) is 8.49. The van der Waals surface area contributed by atoms with E-state index in [9.17, 15) is 9.59 Å². The SMILES string of the molecule is Cc1cccc(NC(=O)[C@H]2CC(=O)N(c3cccc(C)c3C)C2)c1C. The first kappa shape index (κ1) is 17.2. The van der Waals surface area contributed by atoms with E-state index in [1.165, 1.54) is 0 Å². The predicted molar refractivity (Wildman–Crippen MR) is 101 cm³/mol. The molecule has 0 aromatic heterocycles. The first-order chi connectivity index (χ1) is 11.9. The summed E-state index contributed by atoms with van der Waals surface area (Å²) >= 11 is 0. The third-order valence-electron chi connectivity index (χ3n) is 5.23. The van der Waals surface area contributed by atoms with Crippen molar-refractivity contribution in [3.8, 4) is 0 Å². The highest BCUT2D eigenvalue weighted by Gasteiger charge is 2.35. The van der Waals surface area contributed by atoms with Gasteiger partial charge in [0, 0.05) is 24.3 Å². The number of hydrogen-bond acceptors (Lipinski definition) is 2. The van der Waals surface area contributed by atoms with E-state index in [2.05, 4.69) is 5.32 Å². The molecule has 0 aliphatic carbocycles. The highest BCUT2D eigenvalue weighted by Crippen LogP contribution is 2.30. The molecule has 1 aliphatic heterocycles. The molecule has 2 aromatic carbocycles. The molecule has 0 spiro atoms. The summed E-state index contributed by atoms with van der Waals surface area (Å²) in [6.07, 6.45) is 0.254. The van der Waals surface area contributed by atoms with E-state index in [-0.39, 0.29) is 24.2 Å². The van der Waals surface area contributed by atoms with Crippen molar-refractivity contribution in [2.24, 2.45) is 5.92 Å². The molecule has 1 atom stereocenters. The van der Waals surface area contributed by atoms with E-state index < -0.39 is 0 Å². The molecule has 2 aromatic rings. The van der Waals surface area contributed by atoms with E-state index in [0.29, 0.717) is 6.54 Å². The van der Waals surface area contributed by atoms with Crippen LogP contribution in [0, 0.1) is 33.6 Å². The quantitative estimate of drug-likeness (QED) is 0.924. The summed E-state index contributed by atoms with van der Waals surface area (Å²) in [7, 11) is 0. The summed E-state index contributed by atoms with van der Waals surface area (Å²) in [5, 5.41) is 2.99. The number of carbonyl (C=O) groups excluding carboxylic acids is 2. The molecule has 130 valence electrons. The highest BCUT2D eigenvalue weighted by atomic mass is 16.2. The van der Waals surface area contributed by atoms with Crippen LogP contribution in [0.25, 0.3) is 0 Å². The van der Waals surface area contributed by atoms with Crippen molar-refractivity contribution < 1.29 is 9.59 Å². The van der Waals surface area contributed by atoms with Gasteiger partial charge in [0.15, 0.2) is 0 Å². The average Bonchev–Trinajstić information content (AvgIpc) is 2.96. The summed E-state index contributed by atoms with van der Waals surface area (Å²) in [6, 6.07) is 11.8. The molecular formula is C21H24N2O2. The molecule has 4 nitrogen and oxygen atoms in total. The smallest absolute Gasteiger partial charge is 0.229 e. The Morgan fingerprint density at radius 2 is 1.64 bits per heavy atom. The standard InChI is InChI=1S/C21H24N2O2/c1-13-7-5-9-18(15(13)3)22-21(25)17-11-20(24)23(12-17)19-10-6-8-14(2)16(19)4/h5-10,17H,11-12H2,1-4H3,(H,22,25)/t17-/m0/s1.